The van der Waals surface area contributed by atoms with Gasteiger partial charge >= 0.3 is 0 Å². The zero-order chi connectivity index (χ0) is 12.4. The Kier molecular flexibility index (Phi) is 3.79. The van der Waals surface area contributed by atoms with Gasteiger partial charge in [-0.2, -0.15) is 0 Å². The second-order valence-corrected chi connectivity index (χ2v) is 4.93. The first-order chi connectivity index (χ1) is 8.08. The van der Waals surface area contributed by atoms with Gasteiger partial charge in [0.1, 0.15) is 11.6 Å². The molecule has 2 aromatic carbocycles. The third-order valence-electron chi connectivity index (χ3n) is 2.39. The van der Waals surface area contributed by atoms with Gasteiger partial charge in [-0.3, -0.25) is 0 Å². The van der Waals surface area contributed by atoms with Crippen LogP contribution in [-0.4, -0.2) is 0 Å². The first kappa shape index (κ1) is 12.5. The first-order valence-corrected chi connectivity index (χ1v) is 6.15. The van der Waals surface area contributed by atoms with E-state index in [1.165, 1.54) is 18.2 Å². The van der Waals surface area contributed by atoms with Crippen LogP contribution in [0.25, 0.3) is 0 Å². The van der Waals surface area contributed by atoms with Gasteiger partial charge in [0.05, 0.1) is 5.38 Å². The minimum atomic E-state index is -0.631. The number of hydrogen-bond donors (Lipinski definition) is 0. The van der Waals surface area contributed by atoms with Crippen molar-refractivity contribution in [2.45, 2.75) is 5.38 Å². The number of halogens is 4. The van der Waals surface area contributed by atoms with Gasteiger partial charge in [-0.15, -0.1) is 11.6 Å². The maximum Gasteiger partial charge on any atom is 0.128 e. The Morgan fingerprint density at radius 3 is 2.29 bits per heavy atom. The Labute approximate surface area is 111 Å². The molecule has 0 nitrogen and oxygen atoms in total. The van der Waals surface area contributed by atoms with E-state index in [0.29, 0.717) is 11.1 Å². The van der Waals surface area contributed by atoms with Crippen LogP contribution in [0, 0.1) is 11.6 Å². The normalized spacial score (nSPS) is 12.5. The highest BCUT2D eigenvalue weighted by atomic mass is 79.9. The predicted octanol–water partition coefficient (Wildman–Crippen LogP) is 5.06. The van der Waals surface area contributed by atoms with Crippen molar-refractivity contribution in [3.05, 3.63) is 69.7 Å². The summed E-state index contributed by atoms with van der Waals surface area (Å²) in [6, 6.07) is 10.3. The Morgan fingerprint density at radius 1 is 1.00 bits per heavy atom. The van der Waals surface area contributed by atoms with Crippen molar-refractivity contribution >= 4 is 27.5 Å². The van der Waals surface area contributed by atoms with E-state index in [4.69, 9.17) is 11.6 Å². The maximum absolute atomic E-state index is 13.6. The summed E-state index contributed by atoms with van der Waals surface area (Å²) in [7, 11) is 0. The minimum Gasteiger partial charge on any atom is -0.207 e. The van der Waals surface area contributed by atoms with Crippen LogP contribution in [0.5, 0.6) is 0 Å². The lowest BCUT2D eigenvalue weighted by Gasteiger charge is -2.11. The van der Waals surface area contributed by atoms with Gasteiger partial charge < -0.3 is 0 Å². The van der Waals surface area contributed by atoms with Gasteiger partial charge in [0.15, 0.2) is 0 Å². The maximum atomic E-state index is 13.6. The van der Waals surface area contributed by atoms with Crippen LogP contribution in [0.2, 0.25) is 0 Å². The Morgan fingerprint density at radius 2 is 1.65 bits per heavy atom. The van der Waals surface area contributed by atoms with Crippen molar-refractivity contribution in [1.82, 2.24) is 0 Å². The topological polar surface area (TPSA) is 0 Å². The van der Waals surface area contributed by atoms with Gasteiger partial charge in [-0.05, 0) is 35.9 Å². The van der Waals surface area contributed by atoms with Gasteiger partial charge in [0.25, 0.3) is 0 Å². The van der Waals surface area contributed by atoms with E-state index < -0.39 is 5.38 Å². The molecular weight excluding hydrogens is 309 g/mol. The molecular formula is C13H8BrClF2. The zero-order valence-corrected chi connectivity index (χ0v) is 11.0. The molecule has 0 aliphatic rings. The Balaban J connectivity index is 2.39. The quantitative estimate of drug-likeness (QED) is 0.680. The molecule has 2 rings (SSSR count). The second kappa shape index (κ2) is 5.15. The number of benzene rings is 2. The van der Waals surface area contributed by atoms with E-state index in [0.717, 1.165) is 4.47 Å². The molecule has 17 heavy (non-hydrogen) atoms. The van der Waals surface area contributed by atoms with E-state index in [2.05, 4.69) is 15.9 Å². The van der Waals surface area contributed by atoms with Crippen molar-refractivity contribution in [3.8, 4) is 0 Å². The van der Waals surface area contributed by atoms with Crippen molar-refractivity contribution in [3.63, 3.8) is 0 Å². The van der Waals surface area contributed by atoms with Gasteiger partial charge in [0, 0.05) is 10.0 Å². The molecule has 0 radical (unpaired) electrons. The molecule has 0 amide bonds. The van der Waals surface area contributed by atoms with Crippen LogP contribution >= 0.6 is 27.5 Å². The third kappa shape index (κ3) is 2.85. The molecule has 2 aromatic rings. The summed E-state index contributed by atoms with van der Waals surface area (Å²) in [6.45, 7) is 0. The van der Waals surface area contributed by atoms with Crippen LogP contribution < -0.4 is 0 Å². The van der Waals surface area contributed by atoms with Crippen molar-refractivity contribution in [2.24, 2.45) is 0 Å². The van der Waals surface area contributed by atoms with Gasteiger partial charge in [-0.1, -0.05) is 28.1 Å². The van der Waals surface area contributed by atoms with E-state index in [1.807, 2.05) is 0 Å². The Hall–Kier alpha value is -0.930. The molecule has 0 spiro atoms. The van der Waals surface area contributed by atoms with Crippen LogP contribution in [0.1, 0.15) is 16.5 Å². The SMILES string of the molecule is Fc1ccc(C(Cl)c2cc(Br)ccc2F)cc1. The molecule has 0 fully saturated rings. The van der Waals surface area contributed by atoms with E-state index in [-0.39, 0.29) is 11.6 Å². The summed E-state index contributed by atoms with van der Waals surface area (Å²) in [6.07, 6.45) is 0. The van der Waals surface area contributed by atoms with Crippen LogP contribution in [0.3, 0.4) is 0 Å². The van der Waals surface area contributed by atoms with E-state index >= 15 is 0 Å². The molecule has 0 aliphatic heterocycles. The molecule has 0 saturated heterocycles. The minimum absolute atomic E-state index is 0.340. The fourth-order valence-corrected chi connectivity index (χ4v) is 2.21. The lowest BCUT2D eigenvalue weighted by atomic mass is 10.0. The highest BCUT2D eigenvalue weighted by molar-refractivity contribution is 9.10. The third-order valence-corrected chi connectivity index (χ3v) is 3.37. The summed E-state index contributed by atoms with van der Waals surface area (Å²) < 4.78 is 27.1. The van der Waals surface area contributed by atoms with Gasteiger partial charge in [-0.25, -0.2) is 8.78 Å². The number of alkyl halides is 1. The fourth-order valence-electron chi connectivity index (χ4n) is 1.52. The molecule has 0 aromatic heterocycles. The molecule has 0 saturated carbocycles. The molecule has 0 heterocycles. The Bertz CT molecular complexity index is 525. The van der Waals surface area contributed by atoms with Crippen molar-refractivity contribution in [1.29, 1.82) is 0 Å². The summed E-state index contributed by atoms with van der Waals surface area (Å²) >= 11 is 9.44. The summed E-state index contributed by atoms with van der Waals surface area (Å²) in [5.74, 6) is -0.718. The summed E-state index contributed by atoms with van der Waals surface area (Å²) in [4.78, 5) is 0. The second-order valence-electron chi connectivity index (χ2n) is 3.58. The highest BCUT2D eigenvalue weighted by Crippen LogP contribution is 2.32. The average Bonchev–Trinajstić information content (AvgIpc) is 2.32. The molecule has 0 N–H and O–H groups in total. The largest absolute Gasteiger partial charge is 0.207 e. The average molecular weight is 318 g/mol. The number of rotatable bonds is 2. The number of hydrogen-bond acceptors (Lipinski definition) is 0. The molecule has 0 bridgehead atoms. The molecule has 0 aliphatic carbocycles. The van der Waals surface area contributed by atoms with Gasteiger partial charge in [0.2, 0.25) is 0 Å². The van der Waals surface area contributed by atoms with Crippen LogP contribution in [0.15, 0.2) is 46.9 Å². The van der Waals surface area contributed by atoms with Crippen molar-refractivity contribution in [2.75, 3.05) is 0 Å². The fraction of sp³-hybridized carbons (Fsp3) is 0.0769. The van der Waals surface area contributed by atoms with Crippen LogP contribution in [0.4, 0.5) is 8.78 Å². The van der Waals surface area contributed by atoms with Crippen molar-refractivity contribution < 1.29 is 8.78 Å². The van der Waals surface area contributed by atoms with E-state index in [9.17, 15) is 8.78 Å². The lowest BCUT2D eigenvalue weighted by molar-refractivity contribution is 0.611. The monoisotopic (exact) mass is 316 g/mol. The molecule has 1 unspecified atom stereocenters. The molecule has 1 atom stereocenters. The summed E-state index contributed by atoms with van der Waals surface area (Å²) in [5.41, 5.74) is 1.03. The lowest BCUT2D eigenvalue weighted by Crippen LogP contribution is -1.97. The molecule has 4 heteroatoms. The zero-order valence-electron chi connectivity index (χ0n) is 8.63. The summed E-state index contributed by atoms with van der Waals surface area (Å²) in [5, 5.41) is -0.631. The highest BCUT2D eigenvalue weighted by Gasteiger charge is 2.15. The predicted molar refractivity (Wildman–Crippen MR) is 68.2 cm³/mol. The van der Waals surface area contributed by atoms with E-state index in [1.54, 1.807) is 24.3 Å². The first-order valence-electron chi connectivity index (χ1n) is 4.92. The standard InChI is InChI=1S/C13H8BrClF2/c14-9-3-6-12(17)11(7-9)13(15)8-1-4-10(16)5-2-8/h1-7,13H. The molecule has 88 valence electrons. The smallest absolute Gasteiger partial charge is 0.128 e. The van der Waals surface area contributed by atoms with Crippen LogP contribution in [-0.2, 0) is 0 Å².